The zero-order valence-electron chi connectivity index (χ0n) is 7.61. The Morgan fingerprint density at radius 2 is 2.29 bits per heavy atom. The van der Waals surface area contributed by atoms with Gasteiger partial charge in [0, 0.05) is 4.90 Å². The van der Waals surface area contributed by atoms with Gasteiger partial charge in [0.05, 0.1) is 11.1 Å². The van der Waals surface area contributed by atoms with Crippen LogP contribution in [-0.4, -0.2) is 11.1 Å². The average molecular weight is 207 g/mol. The number of benzene rings is 1. The molecular formula is C10H9NO2S. The molecule has 0 amide bonds. The van der Waals surface area contributed by atoms with Gasteiger partial charge in [0.15, 0.2) is 0 Å². The van der Waals surface area contributed by atoms with Crippen LogP contribution in [0.3, 0.4) is 0 Å². The van der Waals surface area contributed by atoms with Gasteiger partial charge >= 0.3 is 5.97 Å². The molecule has 0 fully saturated rings. The number of carbonyl (C=O) groups is 1. The zero-order valence-corrected chi connectivity index (χ0v) is 8.51. The molecule has 0 aliphatic rings. The number of carboxylic acids is 1. The van der Waals surface area contributed by atoms with Crippen molar-refractivity contribution in [1.29, 1.82) is 5.26 Å². The minimum absolute atomic E-state index is 0.0718. The Kier molecular flexibility index (Phi) is 3.15. The number of hydrogen-bond donors (Lipinski definition) is 2. The van der Waals surface area contributed by atoms with Crippen molar-refractivity contribution in [2.24, 2.45) is 0 Å². The van der Waals surface area contributed by atoms with E-state index in [-0.39, 0.29) is 11.1 Å². The fourth-order valence-electron chi connectivity index (χ4n) is 1.33. The van der Waals surface area contributed by atoms with Gasteiger partial charge in [-0.1, -0.05) is 6.92 Å². The molecule has 1 aromatic rings. The van der Waals surface area contributed by atoms with E-state index in [9.17, 15) is 4.79 Å². The Bertz CT molecular complexity index is 421. The molecule has 3 nitrogen and oxygen atoms in total. The van der Waals surface area contributed by atoms with Gasteiger partial charge in [-0.05, 0) is 24.1 Å². The highest BCUT2D eigenvalue weighted by Crippen LogP contribution is 2.22. The van der Waals surface area contributed by atoms with Gasteiger partial charge in [-0.3, -0.25) is 0 Å². The molecule has 1 rings (SSSR count). The highest BCUT2D eigenvalue weighted by atomic mass is 32.1. The molecular weight excluding hydrogens is 198 g/mol. The van der Waals surface area contributed by atoms with E-state index in [0.29, 0.717) is 16.9 Å². The summed E-state index contributed by atoms with van der Waals surface area (Å²) >= 11 is 4.16. The van der Waals surface area contributed by atoms with E-state index >= 15 is 0 Å². The first-order valence-electron chi connectivity index (χ1n) is 4.10. The van der Waals surface area contributed by atoms with Gasteiger partial charge in [0.2, 0.25) is 0 Å². The predicted molar refractivity (Wildman–Crippen MR) is 54.7 cm³/mol. The summed E-state index contributed by atoms with van der Waals surface area (Å²) in [6.45, 7) is 1.84. The lowest BCUT2D eigenvalue weighted by atomic mass is 10.00. The second kappa shape index (κ2) is 4.16. The van der Waals surface area contributed by atoms with E-state index < -0.39 is 5.97 Å². The topological polar surface area (TPSA) is 61.1 Å². The summed E-state index contributed by atoms with van der Waals surface area (Å²) in [4.78, 5) is 11.5. The Hall–Kier alpha value is -1.47. The average Bonchev–Trinajstić information content (AvgIpc) is 2.17. The fraction of sp³-hybridized carbons (Fsp3) is 0.200. The molecule has 0 aromatic heterocycles. The maximum Gasteiger partial charge on any atom is 0.337 e. The van der Waals surface area contributed by atoms with Crippen LogP contribution in [0.15, 0.2) is 17.0 Å². The normalized spacial score (nSPS) is 9.50. The number of rotatable bonds is 2. The summed E-state index contributed by atoms with van der Waals surface area (Å²) in [7, 11) is 0. The molecule has 0 saturated heterocycles. The second-order valence-corrected chi connectivity index (χ2v) is 3.24. The van der Waals surface area contributed by atoms with E-state index in [1.807, 2.05) is 13.0 Å². The second-order valence-electron chi connectivity index (χ2n) is 2.76. The minimum Gasteiger partial charge on any atom is -0.478 e. The number of aromatic carboxylic acids is 1. The van der Waals surface area contributed by atoms with E-state index in [0.717, 1.165) is 0 Å². The number of carboxylic acid groups (broad SMARTS) is 1. The molecule has 0 heterocycles. The largest absolute Gasteiger partial charge is 0.478 e. The van der Waals surface area contributed by atoms with Crippen molar-refractivity contribution in [2.45, 2.75) is 18.2 Å². The fourth-order valence-corrected chi connectivity index (χ4v) is 1.68. The third-order valence-corrected chi connectivity index (χ3v) is 2.40. The van der Waals surface area contributed by atoms with E-state index in [1.54, 1.807) is 6.07 Å². The molecule has 1 N–H and O–H groups in total. The summed E-state index contributed by atoms with van der Waals surface area (Å²) in [6, 6.07) is 4.99. The maximum absolute atomic E-state index is 10.9. The molecule has 0 unspecified atom stereocenters. The monoisotopic (exact) mass is 207 g/mol. The summed E-state index contributed by atoms with van der Waals surface area (Å²) in [5, 5.41) is 17.7. The third-order valence-electron chi connectivity index (χ3n) is 1.98. The van der Waals surface area contributed by atoms with Crippen LogP contribution in [0.2, 0.25) is 0 Å². The zero-order chi connectivity index (χ0) is 10.7. The SMILES string of the molecule is CCc1c(S)ccc(C#N)c1C(=O)O. The van der Waals surface area contributed by atoms with Crippen molar-refractivity contribution < 1.29 is 9.90 Å². The summed E-state index contributed by atoms with van der Waals surface area (Å²) in [5.74, 6) is -1.07. The summed E-state index contributed by atoms with van der Waals surface area (Å²) < 4.78 is 0. The first-order chi connectivity index (χ1) is 6.61. The first kappa shape index (κ1) is 10.6. The van der Waals surface area contributed by atoms with Crippen LogP contribution in [0.5, 0.6) is 0 Å². The highest BCUT2D eigenvalue weighted by molar-refractivity contribution is 7.80. The van der Waals surface area contributed by atoms with Crippen molar-refractivity contribution >= 4 is 18.6 Å². The van der Waals surface area contributed by atoms with Crippen molar-refractivity contribution in [1.82, 2.24) is 0 Å². The smallest absolute Gasteiger partial charge is 0.337 e. The Morgan fingerprint density at radius 3 is 2.71 bits per heavy atom. The molecule has 0 saturated carbocycles. The Labute approximate surface area is 87.4 Å². The van der Waals surface area contributed by atoms with Crippen LogP contribution < -0.4 is 0 Å². The standard InChI is InChI=1S/C10H9NO2S/c1-2-7-8(14)4-3-6(5-11)9(7)10(12)13/h3-4,14H,2H2,1H3,(H,12,13). The number of nitrogens with zero attached hydrogens (tertiary/aromatic N) is 1. The molecule has 0 spiro atoms. The molecule has 1 aromatic carbocycles. The van der Waals surface area contributed by atoms with Crippen molar-refractivity contribution in [3.05, 3.63) is 28.8 Å². The molecule has 72 valence electrons. The van der Waals surface area contributed by atoms with Gasteiger partial charge in [-0.2, -0.15) is 5.26 Å². The van der Waals surface area contributed by atoms with Crippen molar-refractivity contribution in [2.75, 3.05) is 0 Å². The maximum atomic E-state index is 10.9. The van der Waals surface area contributed by atoms with Gasteiger partial charge in [-0.15, -0.1) is 12.6 Å². The Balaban J connectivity index is 3.54. The Morgan fingerprint density at radius 1 is 1.64 bits per heavy atom. The number of thiol groups is 1. The van der Waals surface area contributed by atoms with Crippen molar-refractivity contribution in [3.63, 3.8) is 0 Å². The molecule has 0 aliphatic carbocycles. The van der Waals surface area contributed by atoms with Crippen LogP contribution in [0.25, 0.3) is 0 Å². The lowest BCUT2D eigenvalue weighted by Crippen LogP contribution is -2.06. The van der Waals surface area contributed by atoms with E-state index in [4.69, 9.17) is 10.4 Å². The summed E-state index contributed by atoms with van der Waals surface area (Å²) in [6.07, 6.45) is 0.552. The third kappa shape index (κ3) is 1.73. The van der Waals surface area contributed by atoms with Gasteiger partial charge in [0.1, 0.15) is 6.07 Å². The van der Waals surface area contributed by atoms with Crippen molar-refractivity contribution in [3.8, 4) is 6.07 Å². The molecule has 14 heavy (non-hydrogen) atoms. The number of nitriles is 1. The van der Waals surface area contributed by atoms with E-state index in [1.165, 1.54) is 6.07 Å². The molecule has 0 aliphatic heterocycles. The molecule has 0 bridgehead atoms. The lowest BCUT2D eigenvalue weighted by Gasteiger charge is -2.07. The van der Waals surface area contributed by atoms with Crippen LogP contribution >= 0.6 is 12.6 Å². The van der Waals surface area contributed by atoms with Crippen LogP contribution in [-0.2, 0) is 6.42 Å². The van der Waals surface area contributed by atoms with Crippen LogP contribution in [0, 0.1) is 11.3 Å². The predicted octanol–water partition coefficient (Wildman–Crippen LogP) is 2.11. The van der Waals surface area contributed by atoms with E-state index in [2.05, 4.69) is 12.6 Å². The van der Waals surface area contributed by atoms with Gasteiger partial charge < -0.3 is 5.11 Å². The lowest BCUT2D eigenvalue weighted by molar-refractivity contribution is 0.0695. The highest BCUT2D eigenvalue weighted by Gasteiger charge is 2.16. The number of hydrogen-bond acceptors (Lipinski definition) is 3. The van der Waals surface area contributed by atoms with Crippen LogP contribution in [0.4, 0.5) is 0 Å². The first-order valence-corrected chi connectivity index (χ1v) is 4.54. The molecule has 0 radical (unpaired) electrons. The molecule has 4 heteroatoms. The molecule has 0 atom stereocenters. The summed E-state index contributed by atoms with van der Waals surface area (Å²) in [5.41, 5.74) is 0.870. The quantitative estimate of drug-likeness (QED) is 0.730. The van der Waals surface area contributed by atoms with Gasteiger partial charge in [0.25, 0.3) is 0 Å². The van der Waals surface area contributed by atoms with Gasteiger partial charge in [-0.25, -0.2) is 4.79 Å². The minimum atomic E-state index is -1.07. The van der Waals surface area contributed by atoms with Crippen LogP contribution in [0.1, 0.15) is 28.4 Å².